The van der Waals surface area contributed by atoms with Crippen molar-refractivity contribution in [3.05, 3.63) is 69.8 Å². The smallest absolute Gasteiger partial charge is 0.258 e. The maximum absolute atomic E-state index is 12.1. The maximum Gasteiger partial charge on any atom is 0.258 e. The lowest BCUT2D eigenvalue weighted by molar-refractivity contribution is 0.288. The van der Waals surface area contributed by atoms with E-state index < -0.39 is 0 Å². The third-order valence-corrected chi connectivity index (χ3v) is 5.68. The summed E-state index contributed by atoms with van der Waals surface area (Å²) in [5, 5.41) is 11.2. The summed E-state index contributed by atoms with van der Waals surface area (Å²) < 4.78 is 9.34. The van der Waals surface area contributed by atoms with Gasteiger partial charge in [0.1, 0.15) is 12.4 Å². The van der Waals surface area contributed by atoms with Crippen molar-refractivity contribution in [1.29, 1.82) is 0 Å². The van der Waals surface area contributed by atoms with Crippen LogP contribution in [0.1, 0.15) is 18.4 Å². The molecular weight excluding hydrogens is 382 g/mol. The molecule has 3 aromatic heterocycles. The van der Waals surface area contributed by atoms with Gasteiger partial charge in [-0.25, -0.2) is 4.98 Å². The van der Waals surface area contributed by atoms with Crippen LogP contribution in [-0.2, 0) is 18.9 Å². The Kier molecular flexibility index (Phi) is 5.21. The number of para-hydroxylation sites is 1. The minimum absolute atomic E-state index is 0.0641. The van der Waals surface area contributed by atoms with E-state index in [4.69, 9.17) is 4.74 Å². The molecule has 4 rings (SSSR count). The number of benzene rings is 1. The first kappa shape index (κ1) is 17.7. The zero-order valence-corrected chi connectivity index (χ0v) is 16.2. The number of ether oxygens (including phenoxy) is 1. The van der Waals surface area contributed by atoms with Crippen LogP contribution in [0.3, 0.4) is 0 Å². The SMILES string of the molecule is CCn1c(COc2ccccc2)nnc1SCc1cc(=O)n2ccsc2n1. The summed E-state index contributed by atoms with van der Waals surface area (Å²) in [4.78, 5) is 17.3. The first-order valence-electron chi connectivity index (χ1n) is 8.43. The number of fused-ring (bicyclic) bond motifs is 1. The molecule has 0 aliphatic carbocycles. The van der Waals surface area contributed by atoms with Gasteiger partial charge in [-0.3, -0.25) is 9.20 Å². The van der Waals surface area contributed by atoms with Crippen molar-refractivity contribution < 1.29 is 4.74 Å². The highest BCUT2D eigenvalue weighted by Gasteiger charge is 2.13. The number of hydrogen-bond acceptors (Lipinski definition) is 7. The zero-order chi connectivity index (χ0) is 18.6. The third kappa shape index (κ3) is 3.88. The second kappa shape index (κ2) is 7.93. The molecule has 0 spiro atoms. The van der Waals surface area contributed by atoms with E-state index in [9.17, 15) is 4.79 Å². The van der Waals surface area contributed by atoms with E-state index >= 15 is 0 Å². The summed E-state index contributed by atoms with van der Waals surface area (Å²) in [7, 11) is 0. The van der Waals surface area contributed by atoms with Crippen LogP contribution in [0.4, 0.5) is 0 Å². The van der Waals surface area contributed by atoms with Crippen molar-refractivity contribution in [1.82, 2.24) is 24.1 Å². The lowest BCUT2D eigenvalue weighted by Gasteiger charge is -2.08. The minimum Gasteiger partial charge on any atom is -0.486 e. The Labute approximate surface area is 163 Å². The van der Waals surface area contributed by atoms with E-state index in [0.717, 1.165) is 29.0 Å². The molecule has 9 heteroatoms. The van der Waals surface area contributed by atoms with E-state index in [1.54, 1.807) is 16.7 Å². The van der Waals surface area contributed by atoms with E-state index in [1.807, 2.05) is 47.2 Å². The fourth-order valence-corrected chi connectivity index (χ4v) is 4.27. The topological polar surface area (TPSA) is 74.3 Å². The normalized spacial score (nSPS) is 11.1. The number of thiazole rings is 1. The summed E-state index contributed by atoms with van der Waals surface area (Å²) >= 11 is 2.96. The lowest BCUT2D eigenvalue weighted by Crippen LogP contribution is -2.12. The van der Waals surface area contributed by atoms with Crippen LogP contribution in [0.25, 0.3) is 4.96 Å². The fourth-order valence-electron chi connectivity index (χ4n) is 2.62. The molecule has 0 fully saturated rings. The van der Waals surface area contributed by atoms with Crippen molar-refractivity contribution in [3.8, 4) is 5.75 Å². The highest BCUT2D eigenvalue weighted by atomic mass is 32.2. The highest BCUT2D eigenvalue weighted by molar-refractivity contribution is 7.98. The Morgan fingerprint density at radius 3 is 2.89 bits per heavy atom. The molecule has 0 aliphatic heterocycles. The van der Waals surface area contributed by atoms with Crippen LogP contribution in [0, 0.1) is 0 Å². The minimum atomic E-state index is -0.0641. The maximum atomic E-state index is 12.1. The number of aromatic nitrogens is 5. The molecule has 138 valence electrons. The number of nitrogens with zero attached hydrogens (tertiary/aromatic N) is 5. The van der Waals surface area contributed by atoms with Gasteiger partial charge in [0.05, 0.1) is 5.69 Å². The first-order chi connectivity index (χ1) is 13.2. The van der Waals surface area contributed by atoms with Crippen LogP contribution in [0.5, 0.6) is 5.75 Å². The average molecular weight is 400 g/mol. The third-order valence-electron chi connectivity index (χ3n) is 3.93. The molecule has 3 heterocycles. The van der Waals surface area contributed by atoms with Gasteiger partial charge in [0.15, 0.2) is 15.9 Å². The molecule has 0 atom stereocenters. The molecule has 7 nitrogen and oxygen atoms in total. The van der Waals surface area contributed by atoms with Crippen molar-refractivity contribution in [2.24, 2.45) is 0 Å². The molecule has 1 aromatic carbocycles. The van der Waals surface area contributed by atoms with Gasteiger partial charge in [-0.05, 0) is 19.1 Å². The first-order valence-corrected chi connectivity index (χ1v) is 10.3. The van der Waals surface area contributed by atoms with Gasteiger partial charge in [-0.15, -0.1) is 21.5 Å². The van der Waals surface area contributed by atoms with Crippen molar-refractivity contribution >= 4 is 28.1 Å². The summed E-state index contributed by atoms with van der Waals surface area (Å²) in [5.41, 5.74) is 0.672. The molecule has 0 N–H and O–H groups in total. The highest BCUT2D eigenvalue weighted by Crippen LogP contribution is 2.22. The van der Waals surface area contributed by atoms with Crippen molar-refractivity contribution in [2.75, 3.05) is 0 Å². The molecule has 0 bridgehead atoms. The summed E-state index contributed by atoms with van der Waals surface area (Å²) in [6.45, 7) is 3.14. The van der Waals surface area contributed by atoms with Crippen LogP contribution in [0.2, 0.25) is 0 Å². The van der Waals surface area contributed by atoms with Gasteiger partial charge in [0.25, 0.3) is 5.56 Å². The van der Waals surface area contributed by atoms with Gasteiger partial charge in [0.2, 0.25) is 0 Å². The molecule has 4 aromatic rings. The Hall–Kier alpha value is -2.65. The summed E-state index contributed by atoms with van der Waals surface area (Å²) in [6.07, 6.45) is 1.74. The molecule has 0 saturated heterocycles. The summed E-state index contributed by atoms with van der Waals surface area (Å²) in [6, 6.07) is 11.2. The average Bonchev–Trinajstić information content (AvgIpc) is 3.32. The molecule has 0 saturated carbocycles. The molecule has 0 unspecified atom stereocenters. The van der Waals surface area contributed by atoms with E-state index in [-0.39, 0.29) is 5.56 Å². The second-order valence-corrected chi connectivity index (χ2v) is 7.49. The van der Waals surface area contributed by atoms with Crippen LogP contribution in [0.15, 0.2) is 57.9 Å². The molecule has 0 amide bonds. The molecule has 0 radical (unpaired) electrons. The van der Waals surface area contributed by atoms with Gasteiger partial charge in [0, 0.05) is 29.9 Å². The van der Waals surface area contributed by atoms with Crippen molar-refractivity contribution in [3.63, 3.8) is 0 Å². The Morgan fingerprint density at radius 2 is 2.07 bits per heavy atom. The van der Waals surface area contributed by atoms with E-state index in [0.29, 0.717) is 17.3 Å². The summed E-state index contributed by atoms with van der Waals surface area (Å²) in [5.74, 6) is 2.12. The molecule has 27 heavy (non-hydrogen) atoms. The van der Waals surface area contributed by atoms with E-state index in [2.05, 4.69) is 15.2 Å². The van der Waals surface area contributed by atoms with Gasteiger partial charge in [-0.1, -0.05) is 30.0 Å². The predicted molar refractivity (Wildman–Crippen MR) is 105 cm³/mol. The molecule has 0 aliphatic rings. The van der Waals surface area contributed by atoms with Crippen LogP contribution in [-0.4, -0.2) is 24.1 Å². The van der Waals surface area contributed by atoms with Crippen molar-refractivity contribution in [2.45, 2.75) is 31.0 Å². The lowest BCUT2D eigenvalue weighted by atomic mass is 10.3. The van der Waals surface area contributed by atoms with Crippen LogP contribution >= 0.6 is 23.1 Å². The number of thioether (sulfide) groups is 1. The van der Waals surface area contributed by atoms with Gasteiger partial charge < -0.3 is 9.30 Å². The predicted octanol–water partition coefficient (Wildman–Crippen LogP) is 3.24. The Balaban J connectivity index is 1.47. The standard InChI is InChI=1S/C18H17N5O2S2/c1-2-22-15(11-25-14-6-4-3-5-7-14)20-21-18(22)27-12-13-10-16(24)23-8-9-26-17(23)19-13/h3-10H,2,11-12H2,1H3. The quantitative estimate of drug-likeness (QED) is 0.444. The van der Waals surface area contributed by atoms with E-state index in [1.165, 1.54) is 23.1 Å². The largest absolute Gasteiger partial charge is 0.486 e. The Morgan fingerprint density at radius 1 is 1.22 bits per heavy atom. The monoisotopic (exact) mass is 399 g/mol. The van der Waals surface area contributed by atoms with Gasteiger partial charge >= 0.3 is 0 Å². The van der Waals surface area contributed by atoms with Gasteiger partial charge in [-0.2, -0.15) is 0 Å². The second-order valence-electron chi connectivity index (χ2n) is 5.67. The number of hydrogen-bond donors (Lipinski definition) is 0. The zero-order valence-electron chi connectivity index (χ0n) is 14.6. The van der Waals surface area contributed by atoms with Crippen LogP contribution < -0.4 is 10.3 Å². The molecular formula is C18H17N5O2S2. The Bertz CT molecular complexity index is 1100. The number of rotatable bonds is 7. The fraction of sp³-hybridized carbons (Fsp3) is 0.222.